The molecular weight excluding hydrogens is 399 g/mol. The monoisotopic (exact) mass is 426 g/mol. The lowest BCUT2D eigenvalue weighted by molar-refractivity contribution is -0.142. The molecule has 3 heterocycles. The average Bonchev–Trinajstić information content (AvgIpc) is 2.62. The first-order valence-corrected chi connectivity index (χ1v) is 8.40. The van der Waals surface area contributed by atoms with E-state index in [1.54, 1.807) is 6.20 Å². The molecule has 2 saturated heterocycles. The van der Waals surface area contributed by atoms with E-state index in [2.05, 4.69) is 22.9 Å². The summed E-state index contributed by atoms with van der Waals surface area (Å²) in [5, 5.41) is 0. The number of carbonyl (C=O) groups excluding carboxylic acids is 1. The normalized spacial score (nSPS) is 20.8. The molecule has 150 valence electrons. The average molecular weight is 428 g/mol. The predicted octanol–water partition coefficient (Wildman–Crippen LogP) is 2.06. The van der Waals surface area contributed by atoms with E-state index < -0.39 is 5.54 Å². The molecular formula is C17H29Cl3N4O2. The van der Waals surface area contributed by atoms with Gasteiger partial charge in [-0.1, -0.05) is 6.07 Å². The summed E-state index contributed by atoms with van der Waals surface area (Å²) in [6.45, 7) is 6.58. The van der Waals surface area contributed by atoms with Crippen molar-refractivity contribution >= 4 is 43.1 Å². The summed E-state index contributed by atoms with van der Waals surface area (Å²) in [7, 11) is 0. The number of halogens is 3. The van der Waals surface area contributed by atoms with Gasteiger partial charge in [0.05, 0.1) is 5.54 Å². The number of amides is 1. The Morgan fingerprint density at radius 3 is 2.35 bits per heavy atom. The molecule has 0 radical (unpaired) electrons. The molecule has 1 unspecified atom stereocenters. The molecule has 26 heavy (non-hydrogen) atoms. The van der Waals surface area contributed by atoms with Crippen LogP contribution in [0.15, 0.2) is 24.5 Å². The Morgan fingerprint density at radius 2 is 1.81 bits per heavy atom. The van der Waals surface area contributed by atoms with Gasteiger partial charge in [0.2, 0.25) is 5.91 Å². The summed E-state index contributed by atoms with van der Waals surface area (Å²) in [6, 6.07) is 4.39. The largest absolute Gasteiger partial charge is 0.381 e. The zero-order valence-corrected chi connectivity index (χ0v) is 17.5. The van der Waals surface area contributed by atoms with Crippen molar-refractivity contribution in [3.05, 3.63) is 30.1 Å². The maximum absolute atomic E-state index is 12.7. The quantitative estimate of drug-likeness (QED) is 0.799. The molecule has 1 amide bonds. The van der Waals surface area contributed by atoms with Gasteiger partial charge in [0.1, 0.15) is 0 Å². The van der Waals surface area contributed by atoms with Crippen LogP contribution < -0.4 is 5.73 Å². The topological polar surface area (TPSA) is 71.7 Å². The van der Waals surface area contributed by atoms with E-state index in [0.717, 1.165) is 26.2 Å². The Kier molecular flexibility index (Phi) is 11.0. The van der Waals surface area contributed by atoms with Gasteiger partial charge in [-0.3, -0.25) is 14.7 Å². The molecule has 3 rings (SSSR count). The lowest BCUT2D eigenvalue weighted by atomic mass is 9.89. The minimum Gasteiger partial charge on any atom is -0.381 e. The summed E-state index contributed by atoms with van der Waals surface area (Å²) in [5.41, 5.74) is 6.81. The van der Waals surface area contributed by atoms with Crippen LogP contribution in [0.4, 0.5) is 0 Å². The van der Waals surface area contributed by atoms with E-state index in [4.69, 9.17) is 10.5 Å². The molecule has 0 aliphatic carbocycles. The van der Waals surface area contributed by atoms with Crippen LogP contribution in [0.25, 0.3) is 0 Å². The molecule has 1 aromatic rings. The number of rotatable bonds is 3. The second-order valence-corrected chi connectivity index (χ2v) is 6.56. The molecule has 2 N–H and O–H groups in total. The number of aromatic nitrogens is 1. The van der Waals surface area contributed by atoms with Gasteiger partial charge in [-0.15, -0.1) is 37.2 Å². The Hall–Kier alpha value is -0.630. The highest BCUT2D eigenvalue weighted by atomic mass is 35.5. The highest BCUT2D eigenvalue weighted by Gasteiger charge is 2.40. The smallest absolute Gasteiger partial charge is 0.242 e. The maximum Gasteiger partial charge on any atom is 0.242 e. The Labute approximate surface area is 174 Å². The second-order valence-electron chi connectivity index (χ2n) is 6.56. The van der Waals surface area contributed by atoms with Crippen LogP contribution in [-0.2, 0) is 9.53 Å². The molecule has 2 aliphatic heterocycles. The van der Waals surface area contributed by atoms with Crippen molar-refractivity contribution in [1.29, 1.82) is 0 Å². The number of nitrogens with zero attached hydrogens (tertiary/aromatic N) is 3. The summed E-state index contributed by atoms with van der Waals surface area (Å²) >= 11 is 0. The van der Waals surface area contributed by atoms with Crippen molar-refractivity contribution in [2.24, 2.45) is 5.73 Å². The lowest BCUT2D eigenvalue weighted by Gasteiger charge is -2.42. The first-order valence-electron chi connectivity index (χ1n) is 8.40. The molecule has 0 aromatic carbocycles. The number of carbonyl (C=O) groups is 1. The highest BCUT2D eigenvalue weighted by Crippen LogP contribution is 2.24. The van der Waals surface area contributed by atoms with Crippen molar-refractivity contribution in [1.82, 2.24) is 14.8 Å². The minimum atomic E-state index is -0.727. The van der Waals surface area contributed by atoms with Gasteiger partial charge < -0.3 is 15.4 Å². The van der Waals surface area contributed by atoms with Crippen molar-refractivity contribution in [2.45, 2.75) is 31.3 Å². The van der Waals surface area contributed by atoms with Crippen molar-refractivity contribution in [3.8, 4) is 0 Å². The van der Waals surface area contributed by atoms with Crippen molar-refractivity contribution in [2.75, 3.05) is 39.4 Å². The Balaban J connectivity index is 0.00000208. The van der Waals surface area contributed by atoms with E-state index >= 15 is 0 Å². The number of nitrogens with two attached hydrogens (primary N) is 1. The fraction of sp³-hybridized carbons (Fsp3) is 0.647. The molecule has 1 aromatic heterocycles. The zero-order valence-electron chi connectivity index (χ0n) is 15.0. The Bertz CT molecular complexity index is 536. The maximum atomic E-state index is 12.7. The summed E-state index contributed by atoms with van der Waals surface area (Å²) < 4.78 is 5.34. The number of piperazine rings is 1. The number of hydrogen-bond acceptors (Lipinski definition) is 5. The SMILES string of the molecule is CC(c1cccnc1)N1CCN(C(=O)C2(N)CCOCC2)CC1.Cl.Cl.Cl. The molecule has 0 saturated carbocycles. The van der Waals surface area contributed by atoms with Crippen molar-refractivity contribution in [3.63, 3.8) is 0 Å². The molecule has 0 spiro atoms. The summed E-state index contributed by atoms with van der Waals surface area (Å²) in [5.74, 6) is 0.0921. The van der Waals surface area contributed by atoms with E-state index in [0.29, 0.717) is 32.1 Å². The van der Waals surface area contributed by atoms with Crippen LogP contribution in [-0.4, -0.2) is 65.6 Å². The fourth-order valence-electron chi connectivity index (χ4n) is 3.41. The van der Waals surface area contributed by atoms with Crippen LogP contribution in [0.3, 0.4) is 0 Å². The van der Waals surface area contributed by atoms with E-state index in [9.17, 15) is 4.79 Å². The van der Waals surface area contributed by atoms with Gasteiger partial charge in [0, 0.05) is 57.8 Å². The van der Waals surface area contributed by atoms with Crippen LogP contribution in [0, 0.1) is 0 Å². The van der Waals surface area contributed by atoms with Gasteiger partial charge >= 0.3 is 0 Å². The first-order chi connectivity index (χ1) is 11.1. The van der Waals surface area contributed by atoms with E-state index in [-0.39, 0.29) is 43.1 Å². The molecule has 6 nitrogen and oxygen atoms in total. The fourth-order valence-corrected chi connectivity index (χ4v) is 3.41. The second kappa shape index (κ2) is 11.3. The van der Waals surface area contributed by atoms with Gasteiger partial charge in [-0.05, 0) is 31.4 Å². The number of hydrogen-bond donors (Lipinski definition) is 1. The summed E-state index contributed by atoms with van der Waals surface area (Å²) in [4.78, 5) is 21.3. The summed E-state index contributed by atoms with van der Waals surface area (Å²) in [6.07, 6.45) is 4.96. The molecule has 1 atom stereocenters. The van der Waals surface area contributed by atoms with Crippen LogP contribution in [0.5, 0.6) is 0 Å². The van der Waals surface area contributed by atoms with Crippen molar-refractivity contribution < 1.29 is 9.53 Å². The van der Waals surface area contributed by atoms with Gasteiger partial charge in [-0.2, -0.15) is 0 Å². The number of pyridine rings is 1. The zero-order chi connectivity index (χ0) is 16.3. The van der Waals surface area contributed by atoms with Gasteiger partial charge in [0.25, 0.3) is 0 Å². The lowest BCUT2D eigenvalue weighted by Crippen LogP contribution is -2.61. The third-order valence-corrected chi connectivity index (χ3v) is 5.13. The predicted molar refractivity (Wildman–Crippen MR) is 110 cm³/mol. The third-order valence-electron chi connectivity index (χ3n) is 5.13. The molecule has 9 heteroatoms. The van der Waals surface area contributed by atoms with E-state index in [1.165, 1.54) is 5.56 Å². The van der Waals surface area contributed by atoms with Gasteiger partial charge in [-0.25, -0.2) is 0 Å². The van der Waals surface area contributed by atoms with Crippen LogP contribution >= 0.6 is 37.2 Å². The number of ether oxygens (including phenoxy) is 1. The van der Waals surface area contributed by atoms with Crippen LogP contribution in [0.2, 0.25) is 0 Å². The molecule has 2 fully saturated rings. The standard InChI is InChI=1S/C17H26N4O2.3ClH/c1-14(15-3-2-6-19-13-15)20-7-9-21(10-8-20)16(22)17(18)4-11-23-12-5-17;;;/h2-3,6,13-14H,4-5,7-12,18H2,1H3;3*1H. The first kappa shape index (κ1) is 25.4. The van der Waals surface area contributed by atoms with Crippen LogP contribution in [0.1, 0.15) is 31.4 Å². The Morgan fingerprint density at radius 1 is 1.19 bits per heavy atom. The van der Waals surface area contributed by atoms with E-state index in [1.807, 2.05) is 17.2 Å². The highest BCUT2D eigenvalue weighted by molar-refractivity contribution is 5.86. The third kappa shape index (κ3) is 5.68. The molecule has 2 aliphatic rings. The molecule has 0 bridgehead atoms. The van der Waals surface area contributed by atoms with Gasteiger partial charge in [0.15, 0.2) is 0 Å². The minimum absolute atomic E-state index is 0.